The van der Waals surface area contributed by atoms with Crippen molar-refractivity contribution in [2.45, 2.75) is 26.3 Å². The fraction of sp³-hybridized carbons (Fsp3) is 0.286. The highest BCUT2D eigenvalue weighted by Crippen LogP contribution is 2.20. The first-order valence-electron chi connectivity index (χ1n) is 5.76. The molecule has 1 heterocycles. The molecule has 2 rings (SSSR count). The summed E-state index contributed by atoms with van der Waals surface area (Å²) in [7, 11) is 0. The molecule has 0 spiro atoms. The van der Waals surface area contributed by atoms with E-state index >= 15 is 0 Å². The maximum Gasteiger partial charge on any atom is 0.101 e. The lowest BCUT2D eigenvalue weighted by atomic mass is 10.0. The minimum absolute atomic E-state index is 0.0927. The predicted octanol–water partition coefficient (Wildman–Crippen LogP) is 2.64. The van der Waals surface area contributed by atoms with Gasteiger partial charge in [0.1, 0.15) is 5.76 Å². The minimum Gasteiger partial charge on any atom is -0.469 e. The molecule has 3 nitrogen and oxygen atoms in total. The lowest BCUT2D eigenvalue weighted by Gasteiger charge is -2.14. The van der Waals surface area contributed by atoms with E-state index in [4.69, 9.17) is 10.3 Å². The highest BCUT2D eigenvalue weighted by Gasteiger charge is 2.12. The molecule has 1 aromatic heterocycles. The van der Waals surface area contributed by atoms with Crippen LogP contribution in [0, 0.1) is 13.8 Å². The number of furan rings is 1. The lowest BCUT2D eigenvalue weighted by Crippen LogP contribution is -2.29. The van der Waals surface area contributed by atoms with Crippen LogP contribution in [-0.4, -0.2) is 0 Å². The third-order valence-corrected chi connectivity index (χ3v) is 2.91. The first-order chi connectivity index (χ1) is 8.19. The Kier molecular flexibility index (Phi) is 3.61. The molecule has 17 heavy (non-hydrogen) atoms. The predicted molar refractivity (Wildman–Crippen MR) is 68.4 cm³/mol. The molecule has 0 bridgehead atoms. The summed E-state index contributed by atoms with van der Waals surface area (Å²) in [5.41, 5.74) is 6.45. The standard InChI is InChI=1S/C14H18N2O/c1-10-3-5-12(6-4-10)8-14(16-15)13-7-11(2)17-9-13/h3-7,9,14,16H,8,15H2,1-2H3. The molecule has 1 unspecified atom stereocenters. The molecule has 0 radical (unpaired) electrons. The number of aryl methyl sites for hydroxylation is 2. The van der Waals surface area contributed by atoms with Gasteiger partial charge in [-0.3, -0.25) is 11.3 Å². The average Bonchev–Trinajstić information content (AvgIpc) is 2.75. The van der Waals surface area contributed by atoms with Crippen molar-refractivity contribution in [3.63, 3.8) is 0 Å². The number of hydrogen-bond donors (Lipinski definition) is 2. The van der Waals surface area contributed by atoms with Crippen LogP contribution in [0.4, 0.5) is 0 Å². The van der Waals surface area contributed by atoms with E-state index in [0.717, 1.165) is 17.7 Å². The van der Waals surface area contributed by atoms with Crippen LogP contribution in [0.15, 0.2) is 41.0 Å². The maximum absolute atomic E-state index is 5.60. The fourth-order valence-electron chi connectivity index (χ4n) is 1.88. The third kappa shape index (κ3) is 2.96. The van der Waals surface area contributed by atoms with Gasteiger partial charge in [0.2, 0.25) is 0 Å². The van der Waals surface area contributed by atoms with Gasteiger partial charge >= 0.3 is 0 Å². The molecule has 0 saturated heterocycles. The molecular weight excluding hydrogens is 212 g/mol. The van der Waals surface area contributed by atoms with Crippen LogP contribution in [0.2, 0.25) is 0 Å². The van der Waals surface area contributed by atoms with Gasteiger partial charge < -0.3 is 4.42 Å². The molecule has 0 saturated carbocycles. The summed E-state index contributed by atoms with van der Waals surface area (Å²) in [5.74, 6) is 6.51. The molecule has 3 N–H and O–H groups in total. The van der Waals surface area contributed by atoms with Crippen LogP contribution in [-0.2, 0) is 6.42 Å². The van der Waals surface area contributed by atoms with E-state index in [-0.39, 0.29) is 6.04 Å². The Balaban J connectivity index is 2.12. The van der Waals surface area contributed by atoms with Gasteiger partial charge in [-0.2, -0.15) is 0 Å². The molecule has 1 aromatic carbocycles. The highest BCUT2D eigenvalue weighted by atomic mass is 16.3. The van der Waals surface area contributed by atoms with Gasteiger partial charge in [0, 0.05) is 5.56 Å². The van der Waals surface area contributed by atoms with Gasteiger partial charge in [-0.1, -0.05) is 29.8 Å². The van der Waals surface area contributed by atoms with Crippen molar-refractivity contribution < 1.29 is 4.42 Å². The van der Waals surface area contributed by atoms with E-state index in [1.165, 1.54) is 11.1 Å². The number of rotatable bonds is 4. The lowest BCUT2D eigenvalue weighted by molar-refractivity contribution is 0.511. The Hall–Kier alpha value is -1.58. The van der Waals surface area contributed by atoms with Crippen molar-refractivity contribution in [1.82, 2.24) is 5.43 Å². The molecular formula is C14H18N2O. The van der Waals surface area contributed by atoms with Gasteiger partial charge in [0.25, 0.3) is 0 Å². The Bertz CT molecular complexity index is 473. The molecule has 90 valence electrons. The maximum atomic E-state index is 5.60. The average molecular weight is 230 g/mol. The largest absolute Gasteiger partial charge is 0.469 e. The van der Waals surface area contributed by atoms with Crippen LogP contribution in [0.3, 0.4) is 0 Å². The smallest absolute Gasteiger partial charge is 0.101 e. The quantitative estimate of drug-likeness (QED) is 0.627. The molecule has 0 fully saturated rings. The Morgan fingerprint density at radius 3 is 2.47 bits per heavy atom. The Morgan fingerprint density at radius 1 is 1.24 bits per heavy atom. The molecule has 0 aliphatic heterocycles. The highest BCUT2D eigenvalue weighted by molar-refractivity contribution is 5.25. The molecule has 3 heteroatoms. The van der Waals surface area contributed by atoms with Crippen LogP contribution in [0.25, 0.3) is 0 Å². The van der Waals surface area contributed by atoms with E-state index in [2.05, 4.69) is 36.6 Å². The molecule has 2 aromatic rings. The van der Waals surface area contributed by atoms with Crippen LogP contribution in [0.5, 0.6) is 0 Å². The second-order valence-corrected chi connectivity index (χ2v) is 4.40. The normalized spacial score (nSPS) is 12.6. The van der Waals surface area contributed by atoms with E-state index in [1.54, 1.807) is 6.26 Å². The fourth-order valence-corrected chi connectivity index (χ4v) is 1.88. The summed E-state index contributed by atoms with van der Waals surface area (Å²) in [6.07, 6.45) is 2.61. The third-order valence-electron chi connectivity index (χ3n) is 2.91. The summed E-state index contributed by atoms with van der Waals surface area (Å²) >= 11 is 0. The monoisotopic (exact) mass is 230 g/mol. The van der Waals surface area contributed by atoms with Crippen molar-refractivity contribution >= 4 is 0 Å². The topological polar surface area (TPSA) is 51.2 Å². The first-order valence-corrected chi connectivity index (χ1v) is 5.76. The van der Waals surface area contributed by atoms with E-state index < -0.39 is 0 Å². The second-order valence-electron chi connectivity index (χ2n) is 4.40. The zero-order chi connectivity index (χ0) is 12.3. The molecule has 0 aliphatic carbocycles. The van der Waals surface area contributed by atoms with Crippen molar-refractivity contribution in [2.24, 2.45) is 5.84 Å². The van der Waals surface area contributed by atoms with Gasteiger partial charge in [0.15, 0.2) is 0 Å². The van der Waals surface area contributed by atoms with Gasteiger partial charge in [-0.25, -0.2) is 0 Å². The SMILES string of the molecule is Cc1ccc(CC(NN)c2coc(C)c2)cc1. The molecule has 0 aliphatic rings. The number of nitrogens with one attached hydrogen (secondary N) is 1. The summed E-state index contributed by atoms with van der Waals surface area (Å²) in [5, 5.41) is 0. The van der Waals surface area contributed by atoms with Gasteiger partial charge in [-0.15, -0.1) is 0 Å². The number of hydrogen-bond acceptors (Lipinski definition) is 3. The summed E-state index contributed by atoms with van der Waals surface area (Å²) in [6.45, 7) is 4.02. The zero-order valence-corrected chi connectivity index (χ0v) is 10.2. The van der Waals surface area contributed by atoms with Crippen molar-refractivity contribution in [1.29, 1.82) is 0 Å². The summed E-state index contributed by atoms with van der Waals surface area (Å²) in [4.78, 5) is 0. The number of benzene rings is 1. The van der Waals surface area contributed by atoms with E-state index in [9.17, 15) is 0 Å². The van der Waals surface area contributed by atoms with Crippen molar-refractivity contribution in [2.75, 3.05) is 0 Å². The van der Waals surface area contributed by atoms with Crippen LogP contribution < -0.4 is 11.3 Å². The van der Waals surface area contributed by atoms with Crippen molar-refractivity contribution in [3.8, 4) is 0 Å². The molecule has 0 amide bonds. The van der Waals surface area contributed by atoms with E-state index in [1.807, 2.05) is 13.0 Å². The minimum atomic E-state index is 0.0927. The summed E-state index contributed by atoms with van der Waals surface area (Å²) < 4.78 is 5.31. The number of hydrazine groups is 1. The molecule has 1 atom stereocenters. The summed E-state index contributed by atoms with van der Waals surface area (Å²) in [6, 6.07) is 10.6. The zero-order valence-electron chi connectivity index (χ0n) is 10.2. The Morgan fingerprint density at radius 2 is 1.94 bits per heavy atom. The van der Waals surface area contributed by atoms with Crippen LogP contribution in [0.1, 0.15) is 28.5 Å². The second kappa shape index (κ2) is 5.17. The first kappa shape index (κ1) is 11.9. The van der Waals surface area contributed by atoms with Gasteiger partial charge in [-0.05, 0) is 31.9 Å². The van der Waals surface area contributed by atoms with E-state index in [0.29, 0.717) is 0 Å². The van der Waals surface area contributed by atoms with Crippen LogP contribution >= 0.6 is 0 Å². The van der Waals surface area contributed by atoms with Gasteiger partial charge in [0.05, 0.1) is 12.3 Å². The Labute approximate surface area is 102 Å². The number of nitrogens with two attached hydrogens (primary N) is 1. The van der Waals surface area contributed by atoms with Crippen molar-refractivity contribution in [3.05, 3.63) is 59.0 Å².